The molecule has 7 nitrogen and oxygen atoms in total. The number of fused-ring (bicyclic) bond motifs is 2. The van der Waals surface area contributed by atoms with Crippen LogP contribution in [0.25, 0.3) is 0 Å². The minimum Gasteiger partial charge on any atom is -0.490 e. The molecule has 27 heavy (non-hydrogen) atoms. The van der Waals surface area contributed by atoms with Crippen LogP contribution in [0.2, 0.25) is 0 Å². The van der Waals surface area contributed by atoms with E-state index in [0.29, 0.717) is 18.3 Å². The summed E-state index contributed by atoms with van der Waals surface area (Å²) < 4.78 is 10.5. The number of carbonyl (C=O) groups is 2. The average molecular weight is 365 g/mol. The number of ether oxygens (including phenoxy) is 2. The highest BCUT2D eigenvalue weighted by atomic mass is 16.6. The molecule has 2 aromatic rings. The van der Waals surface area contributed by atoms with Gasteiger partial charge in [0.05, 0.1) is 5.69 Å². The summed E-state index contributed by atoms with van der Waals surface area (Å²) >= 11 is 0. The molecule has 1 N–H and O–H groups in total. The zero-order valence-electron chi connectivity index (χ0n) is 14.8. The number of esters is 1. The van der Waals surface area contributed by atoms with E-state index in [2.05, 4.69) is 10.3 Å². The zero-order chi connectivity index (χ0) is 18.8. The summed E-state index contributed by atoms with van der Waals surface area (Å²) in [6.07, 6.45) is 0. The molecule has 1 amide bonds. The molecule has 4 rings (SSSR count). The Bertz CT molecular complexity index is 911. The van der Waals surface area contributed by atoms with Crippen LogP contribution < -0.4 is 10.1 Å². The molecule has 2 heterocycles. The van der Waals surface area contributed by atoms with Crippen molar-refractivity contribution in [2.45, 2.75) is 19.5 Å². The van der Waals surface area contributed by atoms with Crippen molar-refractivity contribution in [3.05, 3.63) is 59.7 Å². The van der Waals surface area contributed by atoms with Gasteiger partial charge < -0.3 is 14.4 Å². The largest absolute Gasteiger partial charge is 0.490 e. The van der Waals surface area contributed by atoms with Gasteiger partial charge in [0.2, 0.25) is 5.96 Å². The first-order valence-electron chi connectivity index (χ1n) is 8.72. The highest BCUT2D eigenvalue weighted by Crippen LogP contribution is 2.36. The van der Waals surface area contributed by atoms with Crippen LogP contribution >= 0.6 is 0 Å². The standard InChI is InChI=1S/C20H19N3O4/c1-13(24)26-9-10-27-16-7-8-17-15(11-16)12-23-18(14-5-3-2-4-6-14)19(25)22-20(23)21-17/h2-8,11,18H,9-10,12H2,1H3,(H,21,22,25). The lowest BCUT2D eigenvalue weighted by atomic mass is 10.0. The maximum atomic E-state index is 12.5. The highest BCUT2D eigenvalue weighted by molar-refractivity contribution is 6.08. The van der Waals surface area contributed by atoms with Gasteiger partial charge in [0.15, 0.2) is 0 Å². The number of benzene rings is 2. The monoisotopic (exact) mass is 365 g/mol. The van der Waals surface area contributed by atoms with Crippen molar-refractivity contribution >= 4 is 23.5 Å². The molecule has 0 radical (unpaired) electrons. The van der Waals surface area contributed by atoms with Crippen molar-refractivity contribution in [3.63, 3.8) is 0 Å². The van der Waals surface area contributed by atoms with Crippen molar-refractivity contribution in [2.75, 3.05) is 13.2 Å². The van der Waals surface area contributed by atoms with Gasteiger partial charge in [-0.2, -0.15) is 0 Å². The SMILES string of the molecule is CC(=O)OCCOc1ccc2c(c1)CN1C(=N2)NC(=O)C1c1ccccc1. The molecule has 1 atom stereocenters. The number of nitrogens with zero attached hydrogens (tertiary/aromatic N) is 2. The maximum absolute atomic E-state index is 12.5. The van der Waals surface area contributed by atoms with Crippen LogP contribution in [0.4, 0.5) is 5.69 Å². The molecule has 7 heteroatoms. The van der Waals surface area contributed by atoms with E-state index in [1.165, 1.54) is 6.92 Å². The van der Waals surface area contributed by atoms with E-state index in [4.69, 9.17) is 9.47 Å². The van der Waals surface area contributed by atoms with Gasteiger partial charge in [-0.05, 0) is 23.8 Å². The normalized spacial score (nSPS) is 17.5. The van der Waals surface area contributed by atoms with Crippen LogP contribution in [0.1, 0.15) is 24.1 Å². The molecule has 1 unspecified atom stereocenters. The second-order valence-electron chi connectivity index (χ2n) is 6.34. The van der Waals surface area contributed by atoms with Gasteiger partial charge in [-0.1, -0.05) is 30.3 Å². The van der Waals surface area contributed by atoms with Gasteiger partial charge in [-0.3, -0.25) is 14.9 Å². The Balaban J connectivity index is 1.52. The molecule has 2 aliphatic rings. The van der Waals surface area contributed by atoms with Gasteiger partial charge in [0.1, 0.15) is 25.0 Å². The van der Waals surface area contributed by atoms with Crippen LogP contribution in [0.5, 0.6) is 5.75 Å². The van der Waals surface area contributed by atoms with Crippen molar-refractivity contribution in [2.24, 2.45) is 4.99 Å². The van der Waals surface area contributed by atoms with Crippen molar-refractivity contribution in [1.82, 2.24) is 10.2 Å². The minimum atomic E-state index is -0.397. The van der Waals surface area contributed by atoms with Crippen molar-refractivity contribution < 1.29 is 19.1 Å². The van der Waals surface area contributed by atoms with Gasteiger partial charge >= 0.3 is 5.97 Å². The van der Waals surface area contributed by atoms with E-state index >= 15 is 0 Å². The zero-order valence-corrected chi connectivity index (χ0v) is 14.8. The summed E-state index contributed by atoms with van der Waals surface area (Å²) in [6.45, 7) is 2.40. The number of guanidine groups is 1. The van der Waals surface area contributed by atoms with Gasteiger partial charge in [0.25, 0.3) is 5.91 Å². The quantitative estimate of drug-likeness (QED) is 0.650. The lowest BCUT2D eigenvalue weighted by molar-refractivity contribution is -0.141. The predicted octanol–water partition coefficient (Wildman–Crippen LogP) is 2.30. The smallest absolute Gasteiger partial charge is 0.302 e. The topological polar surface area (TPSA) is 80.2 Å². The number of carbonyl (C=O) groups excluding carboxylic acids is 2. The highest BCUT2D eigenvalue weighted by Gasteiger charge is 2.39. The fourth-order valence-corrected chi connectivity index (χ4v) is 3.27. The Morgan fingerprint density at radius 1 is 1.22 bits per heavy atom. The number of amides is 1. The molecule has 0 aromatic heterocycles. The maximum Gasteiger partial charge on any atom is 0.302 e. The summed E-state index contributed by atoms with van der Waals surface area (Å²) in [4.78, 5) is 29.8. The third-order valence-electron chi connectivity index (χ3n) is 4.46. The summed E-state index contributed by atoms with van der Waals surface area (Å²) in [7, 11) is 0. The predicted molar refractivity (Wildman–Crippen MR) is 98.5 cm³/mol. The van der Waals surface area contributed by atoms with Crippen molar-refractivity contribution in [1.29, 1.82) is 0 Å². The molecule has 2 aromatic carbocycles. The molecule has 0 bridgehead atoms. The van der Waals surface area contributed by atoms with Crippen LogP contribution in [0.3, 0.4) is 0 Å². The van der Waals surface area contributed by atoms with Crippen LogP contribution in [0, 0.1) is 0 Å². The molecule has 0 spiro atoms. The Morgan fingerprint density at radius 3 is 2.81 bits per heavy atom. The minimum absolute atomic E-state index is 0.0781. The Hall–Kier alpha value is -3.35. The molecular formula is C20H19N3O4. The lowest BCUT2D eigenvalue weighted by Gasteiger charge is -2.28. The first-order chi connectivity index (χ1) is 13.1. The molecule has 1 saturated heterocycles. The van der Waals surface area contributed by atoms with Gasteiger partial charge in [-0.25, -0.2) is 4.99 Å². The van der Waals surface area contributed by atoms with E-state index < -0.39 is 6.04 Å². The number of hydrogen-bond acceptors (Lipinski definition) is 6. The van der Waals surface area contributed by atoms with E-state index in [-0.39, 0.29) is 25.1 Å². The Kier molecular flexibility index (Phi) is 4.50. The van der Waals surface area contributed by atoms with Crippen LogP contribution in [0.15, 0.2) is 53.5 Å². The Labute approximate surface area is 156 Å². The van der Waals surface area contributed by atoms with Crippen LogP contribution in [-0.4, -0.2) is 35.9 Å². The third kappa shape index (κ3) is 3.48. The molecule has 0 aliphatic carbocycles. The van der Waals surface area contributed by atoms with Crippen LogP contribution in [-0.2, 0) is 20.9 Å². The first-order valence-corrected chi connectivity index (χ1v) is 8.72. The lowest BCUT2D eigenvalue weighted by Crippen LogP contribution is -2.33. The summed E-state index contributed by atoms with van der Waals surface area (Å²) in [6, 6.07) is 14.8. The van der Waals surface area contributed by atoms with E-state index in [9.17, 15) is 9.59 Å². The van der Waals surface area contributed by atoms with E-state index in [1.54, 1.807) is 0 Å². The molecule has 2 aliphatic heterocycles. The number of hydrogen-bond donors (Lipinski definition) is 1. The number of aliphatic imine (C=N–C) groups is 1. The third-order valence-corrected chi connectivity index (χ3v) is 4.46. The first kappa shape index (κ1) is 17.1. The number of rotatable bonds is 5. The summed E-state index contributed by atoms with van der Waals surface area (Å²) in [5.41, 5.74) is 2.71. The summed E-state index contributed by atoms with van der Waals surface area (Å²) in [5.74, 6) is 0.842. The Morgan fingerprint density at radius 2 is 2.04 bits per heavy atom. The van der Waals surface area contributed by atoms with Gasteiger partial charge in [0, 0.05) is 19.0 Å². The average Bonchev–Trinajstić information content (AvgIpc) is 2.98. The molecule has 138 valence electrons. The molecule has 0 saturated carbocycles. The second kappa shape index (κ2) is 7.11. The van der Waals surface area contributed by atoms with E-state index in [0.717, 1.165) is 16.8 Å². The number of nitrogens with one attached hydrogen (secondary N) is 1. The molecule has 1 fully saturated rings. The second-order valence-corrected chi connectivity index (χ2v) is 6.34. The van der Waals surface area contributed by atoms with E-state index in [1.807, 2.05) is 53.4 Å². The van der Waals surface area contributed by atoms with Gasteiger partial charge in [-0.15, -0.1) is 0 Å². The fraction of sp³-hybridized carbons (Fsp3) is 0.250. The fourth-order valence-electron chi connectivity index (χ4n) is 3.27. The molecular weight excluding hydrogens is 346 g/mol. The summed E-state index contributed by atoms with van der Waals surface area (Å²) in [5, 5.41) is 2.87. The van der Waals surface area contributed by atoms with Crippen molar-refractivity contribution in [3.8, 4) is 5.75 Å².